The van der Waals surface area contributed by atoms with Crippen molar-refractivity contribution in [1.82, 2.24) is 4.98 Å². The molecule has 0 amide bonds. The molecule has 0 saturated carbocycles. The molecule has 0 spiro atoms. The minimum atomic E-state index is -0.575. The molecule has 132 valence electrons. The van der Waals surface area contributed by atoms with Gasteiger partial charge in [0.2, 0.25) is 5.78 Å². The second kappa shape index (κ2) is 6.84. The summed E-state index contributed by atoms with van der Waals surface area (Å²) >= 11 is 0. The van der Waals surface area contributed by atoms with E-state index >= 15 is 0 Å². The zero-order chi connectivity index (χ0) is 18.8. The Labute approximate surface area is 153 Å². The van der Waals surface area contributed by atoms with Gasteiger partial charge in [-0.05, 0) is 36.4 Å². The van der Waals surface area contributed by atoms with E-state index in [4.69, 9.17) is 9.47 Å². The summed E-state index contributed by atoms with van der Waals surface area (Å²) < 4.78 is 24.6. The Morgan fingerprint density at radius 1 is 1.11 bits per heavy atom. The molecule has 0 N–H and O–H groups in total. The van der Waals surface area contributed by atoms with Gasteiger partial charge in [-0.3, -0.25) is 9.78 Å². The average Bonchev–Trinajstić information content (AvgIpc) is 2.99. The molecular weight excluding hydrogens is 349 g/mol. The maximum absolute atomic E-state index is 13.8. The highest BCUT2D eigenvalue weighted by Gasteiger charge is 2.28. The Hall–Kier alpha value is -3.80. The average molecular weight is 361 g/mol. The number of esters is 1. The molecule has 27 heavy (non-hydrogen) atoms. The van der Waals surface area contributed by atoms with Crippen molar-refractivity contribution in [3.63, 3.8) is 0 Å². The molecule has 1 aliphatic rings. The Morgan fingerprint density at radius 3 is 2.74 bits per heavy atom. The fourth-order valence-corrected chi connectivity index (χ4v) is 2.61. The number of ether oxygens (including phenoxy) is 2. The summed E-state index contributed by atoms with van der Waals surface area (Å²) in [6.07, 6.45) is 4.29. The van der Waals surface area contributed by atoms with Crippen LogP contribution < -0.4 is 9.47 Å². The molecule has 6 heteroatoms. The topological polar surface area (TPSA) is 65.5 Å². The second-order valence-corrected chi connectivity index (χ2v) is 5.75. The van der Waals surface area contributed by atoms with Crippen molar-refractivity contribution >= 4 is 17.8 Å². The number of halogens is 1. The predicted molar refractivity (Wildman–Crippen MR) is 95.0 cm³/mol. The van der Waals surface area contributed by atoms with Crippen LogP contribution in [-0.4, -0.2) is 16.7 Å². The lowest BCUT2D eigenvalue weighted by atomic mass is 10.1. The van der Waals surface area contributed by atoms with Gasteiger partial charge in [-0.25, -0.2) is 9.18 Å². The van der Waals surface area contributed by atoms with Gasteiger partial charge < -0.3 is 9.47 Å². The summed E-state index contributed by atoms with van der Waals surface area (Å²) in [7, 11) is 0. The van der Waals surface area contributed by atoms with Gasteiger partial charge in [0.25, 0.3) is 0 Å². The van der Waals surface area contributed by atoms with Gasteiger partial charge in [0.1, 0.15) is 17.3 Å². The highest BCUT2D eigenvalue weighted by Crippen LogP contribution is 2.35. The van der Waals surface area contributed by atoms with E-state index in [1.165, 1.54) is 36.5 Å². The van der Waals surface area contributed by atoms with Gasteiger partial charge in [-0.1, -0.05) is 18.2 Å². The molecule has 0 unspecified atom stereocenters. The normalized spacial score (nSPS) is 14.0. The number of nitrogens with zero attached hydrogens (tertiary/aromatic N) is 1. The van der Waals surface area contributed by atoms with Gasteiger partial charge in [0.15, 0.2) is 5.76 Å². The number of ketones is 1. The molecule has 0 saturated heterocycles. The Morgan fingerprint density at radius 2 is 1.96 bits per heavy atom. The summed E-state index contributed by atoms with van der Waals surface area (Å²) in [4.78, 5) is 28.4. The van der Waals surface area contributed by atoms with E-state index in [1.807, 2.05) is 0 Å². The Balaban J connectivity index is 1.58. The summed E-state index contributed by atoms with van der Waals surface area (Å²) in [5, 5.41) is 0. The first-order chi connectivity index (χ1) is 13.1. The van der Waals surface area contributed by atoms with Crippen molar-refractivity contribution in [3.05, 3.63) is 95.3 Å². The molecular formula is C21H12FNO4. The molecule has 3 aromatic rings. The molecule has 0 fully saturated rings. The third-order valence-corrected chi connectivity index (χ3v) is 3.94. The monoisotopic (exact) mass is 361 g/mol. The number of rotatable bonds is 3. The minimum Gasteiger partial charge on any atom is -0.452 e. The van der Waals surface area contributed by atoms with Crippen LogP contribution in [0.3, 0.4) is 0 Å². The van der Waals surface area contributed by atoms with Crippen molar-refractivity contribution in [3.8, 4) is 11.5 Å². The molecule has 1 aliphatic heterocycles. The molecule has 0 atom stereocenters. The van der Waals surface area contributed by atoms with Crippen molar-refractivity contribution in [1.29, 1.82) is 0 Å². The van der Waals surface area contributed by atoms with Crippen LogP contribution in [0.5, 0.6) is 11.5 Å². The van der Waals surface area contributed by atoms with E-state index in [9.17, 15) is 14.0 Å². The number of hydrogen-bond acceptors (Lipinski definition) is 5. The van der Waals surface area contributed by atoms with Crippen LogP contribution in [-0.2, 0) is 0 Å². The molecule has 2 aromatic carbocycles. The molecule has 4 rings (SSSR count). The van der Waals surface area contributed by atoms with E-state index in [1.54, 1.807) is 36.5 Å². The summed E-state index contributed by atoms with van der Waals surface area (Å²) in [6.45, 7) is 0. The van der Waals surface area contributed by atoms with Gasteiger partial charge >= 0.3 is 5.97 Å². The Kier molecular flexibility index (Phi) is 4.22. The van der Waals surface area contributed by atoms with Crippen molar-refractivity contribution in [2.75, 3.05) is 0 Å². The summed E-state index contributed by atoms with van der Waals surface area (Å²) in [5.41, 5.74) is 0.866. The summed E-state index contributed by atoms with van der Waals surface area (Å²) in [6, 6.07) is 13.7. The zero-order valence-corrected chi connectivity index (χ0v) is 13.9. The van der Waals surface area contributed by atoms with E-state index in [2.05, 4.69) is 4.98 Å². The van der Waals surface area contributed by atoms with Crippen LogP contribution in [0, 0.1) is 5.82 Å². The predicted octanol–water partition coefficient (Wildman–Crippen LogP) is 4.06. The molecule has 0 radical (unpaired) electrons. The standard InChI is InChI=1S/C21H12FNO4/c22-17-6-2-1-4-13(17)10-19-20(24)16-8-7-15(11-18(16)27-19)26-21(25)14-5-3-9-23-12-14/h1-12H/b19-10-. The lowest BCUT2D eigenvalue weighted by Crippen LogP contribution is -2.08. The number of pyridine rings is 1. The molecule has 5 nitrogen and oxygen atoms in total. The number of Topliss-reactive ketones (excluding diaryl/α,β-unsaturated/α-hetero) is 1. The molecule has 1 aromatic heterocycles. The number of hydrogen-bond donors (Lipinski definition) is 0. The first-order valence-electron chi connectivity index (χ1n) is 8.07. The first-order valence-corrected chi connectivity index (χ1v) is 8.07. The number of carbonyl (C=O) groups is 2. The Bertz CT molecular complexity index is 1080. The van der Waals surface area contributed by atoms with Gasteiger partial charge in [-0.15, -0.1) is 0 Å². The largest absolute Gasteiger partial charge is 0.452 e. The van der Waals surface area contributed by atoms with E-state index in [0.29, 0.717) is 11.1 Å². The minimum absolute atomic E-state index is 0.00540. The van der Waals surface area contributed by atoms with Crippen LogP contribution in [0.2, 0.25) is 0 Å². The third-order valence-electron chi connectivity index (χ3n) is 3.94. The smallest absolute Gasteiger partial charge is 0.345 e. The van der Waals surface area contributed by atoms with Crippen LogP contribution in [0.4, 0.5) is 4.39 Å². The maximum Gasteiger partial charge on any atom is 0.345 e. The van der Waals surface area contributed by atoms with E-state index < -0.39 is 11.8 Å². The second-order valence-electron chi connectivity index (χ2n) is 5.75. The molecule has 2 heterocycles. The lowest BCUT2D eigenvalue weighted by molar-refractivity contribution is 0.0734. The van der Waals surface area contributed by atoms with Gasteiger partial charge in [-0.2, -0.15) is 0 Å². The number of carbonyl (C=O) groups excluding carboxylic acids is 2. The van der Waals surface area contributed by atoms with Gasteiger partial charge in [0, 0.05) is 24.0 Å². The van der Waals surface area contributed by atoms with Crippen molar-refractivity contribution < 1.29 is 23.5 Å². The van der Waals surface area contributed by atoms with Crippen molar-refractivity contribution in [2.24, 2.45) is 0 Å². The SMILES string of the molecule is O=C(Oc1ccc2c(c1)O/C(=C\c1ccccc1F)C2=O)c1cccnc1. The van der Waals surface area contributed by atoms with Gasteiger partial charge in [0.05, 0.1) is 11.1 Å². The van der Waals surface area contributed by atoms with Crippen LogP contribution in [0.25, 0.3) is 6.08 Å². The van der Waals surface area contributed by atoms with Crippen LogP contribution in [0.1, 0.15) is 26.3 Å². The molecule has 0 bridgehead atoms. The number of aromatic nitrogens is 1. The quantitative estimate of drug-likeness (QED) is 0.400. The third kappa shape index (κ3) is 3.32. The number of fused-ring (bicyclic) bond motifs is 1. The number of benzene rings is 2. The fraction of sp³-hybridized carbons (Fsp3) is 0. The molecule has 0 aliphatic carbocycles. The van der Waals surface area contributed by atoms with E-state index in [0.717, 1.165) is 0 Å². The highest BCUT2D eigenvalue weighted by atomic mass is 19.1. The number of allylic oxidation sites excluding steroid dienone is 1. The summed E-state index contributed by atoms with van der Waals surface area (Å²) in [5.74, 6) is -0.913. The van der Waals surface area contributed by atoms with E-state index in [-0.39, 0.29) is 28.6 Å². The zero-order valence-electron chi connectivity index (χ0n) is 13.9. The maximum atomic E-state index is 13.8. The first kappa shape index (κ1) is 16.7. The highest BCUT2D eigenvalue weighted by molar-refractivity contribution is 6.14. The lowest BCUT2D eigenvalue weighted by Gasteiger charge is -2.05. The van der Waals surface area contributed by atoms with Crippen LogP contribution >= 0.6 is 0 Å². The fourth-order valence-electron chi connectivity index (χ4n) is 2.61. The van der Waals surface area contributed by atoms with Crippen molar-refractivity contribution in [2.45, 2.75) is 0 Å². The van der Waals surface area contributed by atoms with Crippen LogP contribution in [0.15, 0.2) is 72.8 Å².